The average Bonchev–Trinajstić information content (AvgIpc) is 2.54. The van der Waals surface area contributed by atoms with Crippen LogP contribution in [0, 0.1) is 5.92 Å². The van der Waals surface area contributed by atoms with Crippen molar-refractivity contribution in [3.05, 3.63) is 17.8 Å². The van der Waals surface area contributed by atoms with Gasteiger partial charge in [-0.25, -0.2) is 0 Å². The summed E-state index contributed by atoms with van der Waals surface area (Å²) in [5.41, 5.74) is 0.377. The number of likely N-dealkylation sites (tertiary alicyclic amines) is 1. The Labute approximate surface area is 126 Å². The molecule has 0 unspecified atom stereocenters. The van der Waals surface area contributed by atoms with Crippen LogP contribution in [-0.4, -0.2) is 53.7 Å². The molecule has 2 N–H and O–H groups in total. The minimum atomic E-state index is -0.136. The third kappa shape index (κ3) is 4.67. The predicted octanol–water partition coefficient (Wildman–Crippen LogP) is 1.37. The smallest absolute Gasteiger partial charge is 0.271 e. The Kier molecular flexibility index (Phi) is 5.92. The van der Waals surface area contributed by atoms with E-state index in [2.05, 4.69) is 32.7 Å². The van der Waals surface area contributed by atoms with Gasteiger partial charge in [0, 0.05) is 13.1 Å². The van der Waals surface area contributed by atoms with Crippen LogP contribution in [0.25, 0.3) is 0 Å². The summed E-state index contributed by atoms with van der Waals surface area (Å²) in [5.74, 6) is 1.13. The van der Waals surface area contributed by atoms with Crippen molar-refractivity contribution in [3.8, 4) is 0 Å². The van der Waals surface area contributed by atoms with Gasteiger partial charge in [0.15, 0.2) is 5.69 Å². The fourth-order valence-electron chi connectivity index (χ4n) is 2.56. The summed E-state index contributed by atoms with van der Waals surface area (Å²) in [6.07, 6.45) is 2.30. The Morgan fingerprint density at radius 3 is 2.62 bits per heavy atom. The lowest BCUT2D eigenvalue weighted by molar-refractivity contribution is 0.0931. The van der Waals surface area contributed by atoms with Gasteiger partial charge < -0.3 is 15.5 Å². The van der Waals surface area contributed by atoms with Gasteiger partial charge in [-0.15, -0.1) is 10.2 Å². The van der Waals surface area contributed by atoms with E-state index >= 15 is 0 Å². The standard InChI is InChI=1S/C15H25N5O/c1-3-16-14-6-5-13(18-19-14)15(21)17-11-12-7-9-20(4-2)10-8-12/h5-6,12H,3-4,7-11H2,1-2H3,(H,16,19)(H,17,21). The van der Waals surface area contributed by atoms with E-state index in [0.717, 1.165) is 45.6 Å². The Morgan fingerprint density at radius 2 is 2.05 bits per heavy atom. The minimum Gasteiger partial charge on any atom is -0.369 e. The van der Waals surface area contributed by atoms with Crippen molar-refractivity contribution in [1.29, 1.82) is 0 Å². The average molecular weight is 291 g/mol. The van der Waals surface area contributed by atoms with Crippen LogP contribution in [0.15, 0.2) is 12.1 Å². The Morgan fingerprint density at radius 1 is 1.29 bits per heavy atom. The number of piperidine rings is 1. The van der Waals surface area contributed by atoms with E-state index in [1.54, 1.807) is 12.1 Å². The SMILES string of the molecule is CCNc1ccc(C(=O)NCC2CCN(CC)CC2)nn1. The van der Waals surface area contributed by atoms with Gasteiger partial charge in [0.25, 0.3) is 5.91 Å². The molecule has 0 aromatic carbocycles. The summed E-state index contributed by atoms with van der Waals surface area (Å²) in [6, 6.07) is 3.49. The molecule has 0 spiro atoms. The largest absolute Gasteiger partial charge is 0.369 e. The maximum Gasteiger partial charge on any atom is 0.271 e. The van der Waals surface area contributed by atoms with Gasteiger partial charge in [0.2, 0.25) is 0 Å². The summed E-state index contributed by atoms with van der Waals surface area (Å²) in [5, 5.41) is 14.0. The molecule has 0 bridgehead atoms. The van der Waals surface area contributed by atoms with E-state index < -0.39 is 0 Å². The van der Waals surface area contributed by atoms with Gasteiger partial charge in [0.1, 0.15) is 5.82 Å². The summed E-state index contributed by atoms with van der Waals surface area (Å²) in [6.45, 7) is 9.09. The quantitative estimate of drug-likeness (QED) is 0.828. The second-order valence-electron chi connectivity index (χ2n) is 5.42. The van der Waals surface area contributed by atoms with Gasteiger partial charge in [-0.3, -0.25) is 4.79 Å². The van der Waals surface area contributed by atoms with E-state index in [0.29, 0.717) is 17.4 Å². The lowest BCUT2D eigenvalue weighted by Gasteiger charge is -2.30. The van der Waals surface area contributed by atoms with Crippen molar-refractivity contribution >= 4 is 11.7 Å². The Hall–Kier alpha value is -1.69. The molecule has 1 aromatic heterocycles. The first-order valence-electron chi connectivity index (χ1n) is 7.81. The van der Waals surface area contributed by atoms with Gasteiger partial charge in [0.05, 0.1) is 0 Å². The molecule has 1 fully saturated rings. The number of hydrogen-bond acceptors (Lipinski definition) is 5. The number of aromatic nitrogens is 2. The van der Waals surface area contributed by atoms with Gasteiger partial charge >= 0.3 is 0 Å². The summed E-state index contributed by atoms with van der Waals surface area (Å²) in [4.78, 5) is 14.5. The number of rotatable bonds is 6. The van der Waals surface area contributed by atoms with Gasteiger partial charge in [-0.05, 0) is 57.5 Å². The molecule has 6 heteroatoms. The summed E-state index contributed by atoms with van der Waals surface area (Å²) < 4.78 is 0. The van der Waals surface area contributed by atoms with Crippen molar-refractivity contribution in [3.63, 3.8) is 0 Å². The highest BCUT2D eigenvalue weighted by molar-refractivity contribution is 5.92. The highest BCUT2D eigenvalue weighted by atomic mass is 16.1. The second-order valence-corrected chi connectivity index (χ2v) is 5.42. The molecule has 0 aliphatic carbocycles. The van der Waals surface area contributed by atoms with Crippen molar-refractivity contribution < 1.29 is 4.79 Å². The number of anilines is 1. The predicted molar refractivity (Wildman–Crippen MR) is 83.4 cm³/mol. The van der Waals surface area contributed by atoms with Crippen molar-refractivity contribution in [1.82, 2.24) is 20.4 Å². The van der Waals surface area contributed by atoms with Crippen LogP contribution in [0.3, 0.4) is 0 Å². The number of nitrogens with zero attached hydrogens (tertiary/aromatic N) is 3. The lowest BCUT2D eigenvalue weighted by Crippen LogP contribution is -2.38. The normalized spacial score (nSPS) is 16.7. The molecule has 2 heterocycles. The van der Waals surface area contributed by atoms with Gasteiger partial charge in [-0.1, -0.05) is 6.92 Å². The maximum absolute atomic E-state index is 12.0. The molecule has 1 saturated heterocycles. The number of carbonyl (C=O) groups is 1. The first-order chi connectivity index (χ1) is 10.2. The minimum absolute atomic E-state index is 0.136. The molecule has 21 heavy (non-hydrogen) atoms. The van der Waals surface area contributed by atoms with E-state index in [9.17, 15) is 4.79 Å². The van der Waals surface area contributed by atoms with Crippen molar-refractivity contribution in [2.45, 2.75) is 26.7 Å². The van der Waals surface area contributed by atoms with Crippen molar-refractivity contribution in [2.75, 3.05) is 38.0 Å². The van der Waals surface area contributed by atoms with E-state index in [-0.39, 0.29) is 5.91 Å². The molecule has 2 rings (SSSR count). The maximum atomic E-state index is 12.0. The molecule has 1 aromatic rings. The van der Waals surface area contributed by atoms with E-state index in [1.807, 2.05) is 6.92 Å². The Balaban J connectivity index is 1.76. The first kappa shape index (κ1) is 15.7. The summed E-state index contributed by atoms with van der Waals surface area (Å²) >= 11 is 0. The van der Waals surface area contributed by atoms with Crippen LogP contribution in [0.1, 0.15) is 37.2 Å². The zero-order valence-electron chi connectivity index (χ0n) is 12.9. The van der Waals surface area contributed by atoms with Crippen LogP contribution in [-0.2, 0) is 0 Å². The van der Waals surface area contributed by atoms with Crippen LogP contribution < -0.4 is 10.6 Å². The van der Waals surface area contributed by atoms with Crippen LogP contribution in [0.2, 0.25) is 0 Å². The van der Waals surface area contributed by atoms with Crippen LogP contribution >= 0.6 is 0 Å². The van der Waals surface area contributed by atoms with Gasteiger partial charge in [-0.2, -0.15) is 0 Å². The number of carbonyl (C=O) groups excluding carboxylic acids is 1. The van der Waals surface area contributed by atoms with E-state index in [1.165, 1.54) is 0 Å². The zero-order valence-corrected chi connectivity index (χ0v) is 12.9. The molecule has 1 aliphatic heterocycles. The number of nitrogens with one attached hydrogen (secondary N) is 2. The van der Waals surface area contributed by atoms with E-state index in [4.69, 9.17) is 0 Å². The molecular weight excluding hydrogens is 266 g/mol. The zero-order chi connectivity index (χ0) is 15.1. The highest BCUT2D eigenvalue weighted by Gasteiger charge is 2.19. The monoisotopic (exact) mass is 291 g/mol. The topological polar surface area (TPSA) is 70.2 Å². The highest BCUT2D eigenvalue weighted by Crippen LogP contribution is 2.15. The molecule has 1 aliphatic rings. The number of hydrogen-bond donors (Lipinski definition) is 2. The lowest BCUT2D eigenvalue weighted by atomic mass is 9.97. The van der Waals surface area contributed by atoms with Crippen molar-refractivity contribution in [2.24, 2.45) is 5.92 Å². The molecule has 0 radical (unpaired) electrons. The molecule has 6 nitrogen and oxygen atoms in total. The first-order valence-corrected chi connectivity index (χ1v) is 7.81. The van der Waals surface area contributed by atoms with Crippen LogP contribution in [0.5, 0.6) is 0 Å². The van der Waals surface area contributed by atoms with Crippen LogP contribution in [0.4, 0.5) is 5.82 Å². The fraction of sp³-hybridized carbons (Fsp3) is 0.667. The third-order valence-electron chi connectivity index (χ3n) is 3.96. The molecule has 0 saturated carbocycles. The summed E-state index contributed by atoms with van der Waals surface area (Å²) in [7, 11) is 0. The number of amides is 1. The molecule has 1 amide bonds. The second kappa shape index (κ2) is 7.93. The Bertz CT molecular complexity index is 440. The third-order valence-corrected chi connectivity index (χ3v) is 3.96. The molecule has 0 atom stereocenters. The fourth-order valence-corrected chi connectivity index (χ4v) is 2.56. The molecule has 116 valence electrons. The molecular formula is C15H25N5O.